The highest BCUT2D eigenvalue weighted by Crippen LogP contribution is 2.29. The van der Waals surface area contributed by atoms with Crippen molar-refractivity contribution in [1.29, 1.82) is 0 Å². The number of hydrogen-bond acceptors (Lipinski definition) is 2. The summed E-state index contributed by atoms with van der Waals surface area (Å²) in [5.41, 5.74) is 0.189. The summed E-state index contributed by atoms with van der Waals surface area (Å²) in [6.07, 6.45) is 0.958. The molecule has 18 heavy (non-hydrogen) atoms. The normalized spacial score (nSPS) is 13.7. The quantitative estimate of drug-likeness (QED) is 0.843. The molecule has 0 aliphatic heterocycles. The van der Waals surface area contributed by atoms with Crippen LogP contribution in [0.3, 0.4) is 0 Å². The molecule has 1 unspecified atom stereocenters. The molecule has 0 heterocycles. The topological polar surface area (TPSA) is 21.3 Å². The van der Waals surface area contributed by atoms with Gasteiger partial charge < -0.3 is 10.1 Å². The molecule has 1 aromatic carbocycles. The second-order valence-corrected chi connectivity index (χ2v) is 4.87. The smallest absolute Gasteiger partial charge is 0.159 e. The van der Waals surface area contributed by atoms with Gasteiger partial charge in [-0.15, -0.1) is 0 Å². The van der Waals surface area contributed by atoms with Crippen molar-refractivity contribution in [3.8, 4) is 0 Å². The van der Waals surface area contributed by atoms with Gasteiger partial charge >= 0.3 is 0 Å². The van der Waals surface area contributed by atoms with Crippen molar-refractivity contribution in [1.82, 2.24) is 5.32 Å². The Hall–Kier alpha value is -1.00. The number of ether oxygens (including phenoxy) is 1. The molecule has 1 N–H and O–H groups in total. The van der Waals surface area contributed by atoms with E-state index in [-0.39, 0.29) is 6.04 Å². The number of benzene rings is 1. The lowest BCUT2D eigenvalue weighted by atomic mass is 9.91. The summed E-state index contributed by atoms with van der Waals surface area (Å²) in [6, 6.07) is 3.78. The molecular formula is C14H21F2NO. The number of hydrogen-bond donors (Lipinski definition) is 1. The minimum atomic E-state index is -0.831. The lowest BCUT2D eigenvalue weighted by molar-refractivity contribution is -0.0111. The molecule has 0 spiro atoms. The number of rotatable bonds is 6. The molecule has 102 valence electrons. The van der Waals surface area contributed by atoms with E-state index in [1.807, 2.05) is 13.8 Å². The Kier molecular flexibility index (Phi) is 5.23. The maximum Gasteiger partial charge on any atom is 0.159 e. The Morgan fingerprint density at radius 1 is 1.28 bits per heavy atom. The average molecular weight is 257 g/mol. The van der Waals surface area contributed by atoms with Crippen LogP contribution in [0.15, 0.2) is 18.2 Å². The number of methoxy groups -OCH3 is 1. The molecular weight excluding hydrogens is 236 g/mol. The van der Waals surface area contributed by atoms with Gasteiger partial charge in [-0.25, -0.2) is 8.78 Å². The molecule has 0 saturated carbocycles. The van der Waals surface area contributed by atoms with Crippen molar-refractivity contribution < 1.29 is 13.5 Å². The zero-order valence-electron chi connectivity index (χ0n) is 11.4. The van der Waals surface area contributed by atoms with Gasteiger partial charge in [0.2, 0.25) is 0 Å². The fourth-order valence-corrected chi connectivity index (χ4v) is 1.86. The average Bonchev–Trinajstić information content (AvgIpc) is 2.34. The van der Waals surface area contributed by atoms with Crippen LogP contribution in [0, 0.1) is 11.6 Å². The molecule has 0 amide bonds. The standard InChI is InChI=1S/C14H21F2NO/c1-5-8-17-13(14(2,3)18-4)10-6-7-11(15)12(16)9-10/h6-7,9,13,17H,5,8H2,1-4H3. The van der Waals surface area contributed by atoms with E-state index in [0.717, 1.165) is 19.0 Å². The van der Waals surface area contributed by atoms with E-state index >= 15 is 0 Å². The number of halogens is 2. The fraction of sp³-hybridized carbons (Fsp3) is 0.571. The SMILES string of the molecule is CCCNC(c1ccc(F)c(F)c1)C(C)(C)OC. The molecule has 1 rings (SSSR count). The zero-order chi connectivity index (χ0) is 13.8. The zero-order valence-corrected chi connectivity index (χ0v) is 11.4. The van der Waals surface area contributed by atoms with Crippen LogP contribution in [-0.4, -0.2) is 19.3 Å². The van der Waals surface area contributed by atoms with Crippen LogP contribution in [0.2, 0.25) is 0 Å². The van der Waals surface area contributed by atoms with Crippen molar-refractivity contribution in [2.24, 2.45) is 0 Å². The molecule has 0 fully saturated rings. The third-order valence-electron chi connectivity index (χ3n) is 3.10. The van der Waals surface area contributed by atoms with Gasteiger partial charge in [0.1, 0.15) is 0 Å². The highest BCUT2D eigenvalue weighted by atomic mass is 19.2. The maximum atomic E-state index is 13.3. The second kappa shape index (κ2) is 6.25. The second-order valence-electron chi connectivity index (χ2n) is 4.87. The Morgan fingerprint density at radius 2 is 1.94 bits per heavy atom. The van der Waals surface area contributed by atoms with Gasteiger partial charge in [0.25, 0.3) is 0 Å². The van der Waals surface area contributed by atoms with Gasteiger partial charge in [0.15, 0.2) is 11.6 Å². The van der Waals surface area contributed by atoms with E-state index in [2.05, 4.69) is 12.2 Å². The molecule has 0 aliphatic rings. The Balaban J connectivity index is 3.05. The van der Waals surface area contributed by atoms with Gasteiger partial charge in [-0.1, -0.05) is 13.0 Å². The molecule has 0 saturated heterocycles. The van der Waals surface area contributed by atoms with Gasteiger partial charge in [-0.05, 0) is 44.5 Å². The summed E-state index contributed by atoms with van der Waals surface area (Å²) in [7, 11) is 1.61. The first kappa shape index (κ1) is 15.1. The molecule has 1 atom stereocenters. The Bertz CT molecular complexity index is 393. The fourth-order valence-electron chi connectivity index (χ4n) is 1.86. The van der Waals surface area contributed by atoms with Gasteiger partial charge in [-0.3, -0.25) is 0 Å². The van der Waals surface area contributed by atoms with E-state index in [1.165, 1.54) is 6.07 Å². The van der Waals surface area contributed by atoms with Crippen molar-refractivity contribution in [2.45, 2.75) is 38.8 Å². The summed E-state index contributed by atoms with van der Waals surface area (Å²) >= 11 is 0. The lowest BCUT2D eigenvalue weighted by Crippen LogP contribution is -2.41. The minimum absolute atomic E-state index is 0.183. The Labute approximate surface area is 107 Å². The van der Waals surface area contributed by atoms with Crippen LogP contribution >= 0.6 is 0 Å². The molecule has 0 aliphatic carbocycles. The maximum absolute atomic E-state index is 13.3. The molecule has 1 aromatic rings. The van der Waals surface area contributed by atoms with Crippen LogP contribution in [-0.2, 0) is 4.74 Å². The van der Waals surface area contributed by atoms with Crippen molar-refractivity contribution in [3.05, 3.63) is 35.4 Å². The molecule has 0 bridgehead atoms. The highest BCUT2D eigenvalue weighted by Gasteiger charge is 2.30. The molecule has 2 nitrogen and oxygen atoms in total. The summed E-state index contributed by atoms with van der Waals surface area (Å²) < 4.78 is 31.7. The van der Waals surface area contributed by atoms with E-state index in [0.29, 0.717) is 5.56 Å². The summed E-state index contributed by atoms with van der Waals surface area (Å²) in [5, 5.41) is 3.31. The first-order valence-electron chi connectivity index (χ1n) is 6.16. The van der Waals surface area contributed by atoms with Crippen molar-refractivity contribution in [2.75, 3.05) is 13.7 Å². The van der Waals surface area contributed by atoms with Crippen LogP contribution in [0.1, 0.15) is 38.8 Å². The molecule has 0 radical (unpaired) electrons. The first-order chi connectivity index (χ1) is 8.42. The van der Waals surface area contributed by atoms with Gasteiger partial charge in [0, 0.05) is 7.11 Å². The van der Waals surface area contributed by atoms with Crippen molar-refractivity contribution >= 4 is 0 Å². The van der Waals surface area contributed by atoms with Gasteiger partial charge in [0.05, 0.1) is 11.6 Å². The van der Waals surface area contributed by atoms with Crippen molar-refractivity contribution in [3.63, 3.8) is 0 Å². The van der Waals surface area contributed by atoms with E-state index in [4.69, 9.17) is 4.74 Å². The third kappa shape index (κ3) is 3.50. The van der Waals surface area contributed by atoms with Gasteiger partial charge in [-0.2, -0.15) is 0 Å². The molecule has 4 heteroatoms. The monoisotopic (exact) mass is 257 g/mol. The predicted octanol–water partition coefficient (Wildman–Crippen LogP) is 3.43. The first-order valence-corrected chi connectivity index (χ1v) is 6.16. The van der Waals surface area contributed by atoms with E-state index in [9.17, 15) is 8.78 Å². The van der Waals surface area contributed by atoms with Crippen LogP contribution in [0.25, 0.3) is 0 Å². The number of nitrogens with one attached hydrogen (secondary N) is 1. The van der Waals surface area contributed by atoms with Crippen LogP contribution < -0.4 is 5.32 Å². The lowest BCUT2D eigenvalue weighted by Gasteiger charge is -2.34. The minimum Gasteiger partial charge on any atom is -0.377 e. The largest absolute Gasteiger partial charge is 0.377 e. The Morgan fingerprint density at radius 3 is 2.44 bits per heavy atom. The highest BCUT2D eigenvalue weighted by molar-refractivity contribution is 5.23. The molecule has 0 aromatic heterocycles. The van der Waals surface area contributed by atoms with E-state index in [1.54, 1.807) is 13.2 Å². The summed E-state index contributed by atoms with van der Waals surface area (Å²) in [5.74, 6) is -1.66. The summed E-state index contributed by atoms with van der Waals surface area (Å²) in [6.45, 7) is 6.68. The predicted molar refractivity (Wildman–Crippen MR) is 68.5 cm³/mol. The third-order valence-corrected chi connectivity index (χ3v) is 3.10. The van der Waals surface area contributed by atoms with Crippen LogP contribution in [0.4, 0.5) is 8.78 Å². The van der Waals surface area contributed by atoms with Crippen LogP contribution in [0.5, 0.6) is 0 Å². The van der Waals surface area contributed by atoms with E-state index < -0.39 is 17.2 Å². The summed E-state index contributed by atoms with van der Waals surface area (Å²) in [4.78, 5) is 0.